The van der Waals surface area contributed by atoms with E-state index in [-0.39, 0.29) is 11.8 Å². The number of unbranched alkanes of at least 4 members (excludes halogenated alkanes) is 1. The predicted molar refractivity (Wildman–Crippen MR) is 131 cm³/mol. The number of nitrogens with one attached hydrogen (secondary N) is 1. The van der Waals surface area contributed by atoms with Gasteiger partial charge in [0.1, 0.15) is 6.04 Å². The van der Waals surface area contributed by atoms with Crippen molar-refractivity contribution in [3.63, 3.8) is 0 Å². The highest BCUT2D eigenvalue weighted by Crippen LogP contribution is 2.32. The van der Waals surface area contributed by atoms with Crippen LogP contribution in [0.2, 0.25) is 0 Å². The molecule has 2 amide bonds. The third-order valence-electron chi connectivity index (χ3n) is 5.63. The molecule has 1 unspecified atom stereocenters. The van der Waals surface area contributed by atoms with Gasteiger partial charge >= 0.3 is 0 Å². The first kappa shape index (κ1) is 23.2. The van der Waals surface area contributed by atoms with Crippen LogP contribution in [0.3, 0.4) is 0 Å². The lowest BCUT2D eigenvalue weighted by Crippen LogP contribution is -2.49. The molecule has 0 fully saturated rings. The molecule has 0 bridgehead atoms. The van der Waals surface area contributed by atoms with E-state index in [1.165, 1.54) is 28.7 Å². The molecule has 0 saturated carbocycles. The number of para-hydroxylation sites is 1. The number of aryl methyl sites for hydroxylation is 1. The van der Waals surface area contributed by atoms with E-state index in [0.29, 0.717) is 12.3 Å². The average molecular weight is 440 g/mol. The van der Waals surface area contributed by atoms with Gasteiger partial charge < -0.3 is 14.8 Å². The summed E-state index contributed by atoms with van der Waals surface area (Å²) in [5.41, 5.74) is 2.46. The topological polar surface area (TPSA) is 54.3 Å². The highest BCUT2D eigenvalue weighted by molar-refractivity contribution is 7.99. The van der Waals surface area contributed by atoms with Crippen molar-refractivity contribution in [2.75, 3.05) is 18.8 Å². The average Bonchev–Trinajstić information content (AvgIpc) is 3.09. The first-order valence-corrected chi connectivity index (χ1v) is 12.2. The van der Waals surface area contributed by atoms with Crippen molar-refractivity contribution in [1.82, 2.24) is 14.8 Å². The fraction of sp³-hybridized carbons (Fsp3) is 0.440. The molecule has 0 saturated heterocycles. The summed E-state index contributed by atoms with van der Waals surface area (Å²) < 4.78 is 2.33. The van der Waals surface area contributed by atoms with Gasteiger partial charge in [-0.05, 0) is 44.5 Å². The summed E-state index contributed by atoms with van der Waals surface area (Å²) in [7, 11) is 0. The zero-order chi connectivity index (χ0) is 22.4. The third-order valence-corrected chi connectivity index (χ3v) is 6.71. The minimum absolute atomic E-state index is 0.00214. The molecule has 0 aliphatic rings. The number of hydrogen-bond donors (Lipinski definition) is 1. The van der Waals surface area contributed by atoms with E-state index < -0.39 is 6.04 Å². The molecule has 0 spiro atoms. The molecule has 2 aromatic carbocycles. The van der Waals surface area contributed by atoms with Crippen molar-refractivity contribution in [1.29, 1.82) is 0 Å². The van der Waals surface area contributed by atoms with Crippen molar-refractivity contribution in [2.45, 2.75) is 58.0 Å². The van der Waals surface area contributed by atoms with Crippen molar-refractivity contribution in [3.8, 4) is 0 Å². The van der Waals surface area contributed by atoms with Crippen LogP contribution >= 0.6 is 11.8 Å². The number of aromatic nitrogens is 1. The molecular formula is C25H33N3O2S. The van der Waals surface area contributed by atoms with Crippen LogP contribution in [0.5, 0.6) is 0 Å². The summed E-state index contributed by atoms with van der Waals surface area (Å²) in [6.45, 7) is 10.0. The SMILES string of the molecule is CCCCN(CC)C(=O)C(CSc1ccc2c(c1)c1ccccc1n2CC)NC(C)=O. The molecule has 1 atom stereocenters. The van der Waals surface area contributed by atoms with Crippen LogP contribution < -0.4 is 5.32 Å². The van der Waals surface area contributed by atoms with Crippen molar-refractivity contribution >= 4 is 45.4 Å². The second kappa shape index (κ2) is 10.7. The Morgan fingerprint density at radius 3 is 2.48 bits per heavy atom. The Kier molecular flexibility index (Phi) is 8.02. The van der Waals surface area contributed by atoms with Gasteiger partial charge in [-0.2, -0.15) is 0 Å². The number of carbonyl (C=O) groups is 2. The summed E-state index contributed by atoms with van der Waals surface area (Å²) >= 11 is 1.62. The Morgan fingerprint density at radius 1 is 1.06 bits per heavy atom. The molecular weight excluding hydrogens is 406 g/mol. The Morgan fingerprint density at radius 2 is 1.81 bits per heavy atom. The number of nitrogens with zero attached hydrogens (tertiary/aromatic N) is 2. The fourth-order valence-corrected chi connectivity index (χ4v) is 5.01. The van der Waals surface area contributed by atoms with Gasteiger partial charge in [-0.25, -0.2) is 0 Å². The van der Waals surface area contributed by atoms with Gasteiger partial charge in [0.25, 0.3) is 0 Å². The molecule has 1 heterocycles. The number of fused-ring (bicyclic) bond motifs is 3. The Balaban J connectivity index is 1.83. The molecule has 3 rings (SSSR count). The van der Waals surface area contributed by atoms with Crippen LogP contribution in [-0.2, 0) is 16.1 Å². The molecule has 5 nitrogen and oxygen atoms in total. The first-order chi connectivity index (χ1) is 15.0. The highest BCUT2D eigenvalue weighted by Gasteiger charge is 2.24. The van der Waals surface area contributed by atoms with E-state index in [0.717, 1.165) is 30.8 Å². The molecule has 0 aliphatic heterocycles. The van der Waals surface area contributed by atoms with E-state index >= 15 is 0 Å². The smallest absolute Gasteiger partial charge is 0.246 e. The molecule has 0 aliphatic carbocycles. The number of likely N-dealkylation sites (N-methyl/N-ethyl adjacent to an activating group) is 1. The fourth-order valence-electron chi connectivity index (χ4n) is 4.06. The molecule has 3 aromatic rings. The van der Waals surface area contributed by atoms with E-state index in [1.807, 2.05) is 11.8 Å². The number of amides is 2. The van der Waals surface area contributed by atoms with Crippen LogP contribution in [0.15, 0.2) is 47.4 Å². The lowest BCUT2D eigenvalue weighted by atomic mass is 10.1. The van der Waals surface area contributed by atoms with Crippen LogP contribution in [0.25, 0.3) is 21.8 Å². The molecule has 1 N–H and O–H groups in total. The molecule has 0 radical (unpaired) electrons. The van der Waals surface area contributed by atoms with Gasteiger partial charge in [0.2, 0.25) is 11.8 Å². The van der Waals surface area contributed by atoms with Crippen molar-refractivity contribution in [3.05, 3.63) is 42.5 Å². The van der Waals surface area contributed by atoms with Gasteiger partial charge in [0.15, 0.2) is 0 Å². The summed E-state index contributed by atoms with van der Waals surface area (Å²) in [6.07, 6.45) is 2.01. The van der Waals surface area contributed by atoms with Gasteiger partial charge in [0, 0.05) is 59.0 Å². The zero-order valence-electron chi connectivity index (χ0n) is 19.0. The Hall–Kier alpha value is -2.47. The van der Waals surface area contributed by atoms with Crippen LogP contribution in [0, 0.1) is 0 Å². The van der Waals surface area contributed by atoms with Gasteiger partial charge in [-0.3, -0.25) is 9.59 Å². The third kappa shape index (κ3) is 5.24. The number of carbonyl (C=O) groups excluding carboxylic acids is 2. The molecule has 31 heavy (non-hydrogen) atoms. The Bertz CT molecular complexity index is 1060. The number of benzene rings is 2. The maximum Gasteiger partial charge on any atom is 0.246 e. The quantitative estimate of drug-likeness (QED) is 0.449. The zero-order valence-corrected chi connectivity index (χ0v) is 19.8. The van der Waals surface area contributed by atoms with Crippen LogP contribution in [0.4, 0.5) is 0 Å². The molecule has 1 aromatic heterocycles. The standard InChI is InChI=1S/C25H33N3O2S/c1-5-8-15-27(6-2)25(30)22(26-18(4)29)17-31-19-13-14-24-21(16-19)20-11-9-10-12-23(20)28(24)7-3/h9-14,16,22H,5-8,15,17H2,1-4H3,(H,26,29). The van der Waals surface area contributed by atoms with Crippen LogP contribution in [-0.4, -0.2) is 46.2 Å². The summed E-state index contributed by atoms with van der Waals surface area (Å²) in [6, 6.07) is 14.4. The number of hydrogen-bond acceptors (Lipinski definition) is 3. The highest BCUT2D eigenvalue weighted by atomic mass is 32.2. The second-order valence-corrected chi connectivity index (χ2v) is 8.87. The second-order valence-electron chi connectivity index (χ2n) is 7.78. The minimum atomic E-state index is -0.521. The summed E-state index contributed by atoms with van der Waals surface area (Å²) in [4.78, 5) is 27.8. The van der Waals surface area contributed by atoms with Gasteiger partial charge in [0.05, 0.1) is 0 Å². The van der Waals surface area contributed by atoms with Crippen LogP contribution in [0.1, 0.15) is 40.5 Å². The first-order valence-electron chi connectivity index (χ1n) is 11.2. The minimum Gasteiger partial charge on any atom is -0.344 e. The lowest BCUT2D eigenvalue weighted by molar-refractivity contribution is -0.135. The maximum atomic E-state index is 13.1. The van der Waals surface area contributed by atoms with Gasteiger partial charge in [-0.1, -0.05) is 31.5 Å². The predicted octanol–water partition coefficient (Wildman–Crippen LogP) is 5.06. The summed E-state index contributed by atoms with van der Waals surface area (Å²) in [5, 5.41) is 5.33. The normalized spacial score (nSPS) is 12.3. The lowest BCUT2D eigenvalue weighted by Gasteiger charge is -2.26. The molecule has 166 valence electrons. The maximum absolute atomic E-state index is 13.1. The van der Waals surface area contributed by atoms with E-state index in [4.69, 9.17) is 0 Å². The largest absolute Gasteiger partial charge is 0.344 e. The number of rotatable bonds is 10. The summed E-state index contributed by atoms with van der Waals surface area (Å²) in [5.74, 6) is 0.341. The number of thioether (sulfide) groups is 1. The monoisotopic (exact) mass is 439 g/mol. The van der Waals surface area contributed by atoms with E-state index in [2.05, 4.69) is 66.2 Å². The molecule has 6 heteroatoms. The Labute approximate surface area is 189 Å². The van der Waals surface area contributed by atoms with Crippen molar-refractivity contribution < 1.29 is 9.59 Å². The van der Waals surface area contributed by atoms with Gasteiger partial charge in [-0.15, -0.1) is 11.8 Å². The van der Waals surface area contributed by atoms with Crippen molar-refractivity contribution in [2.24, 2.45) is 0 Å². The van der Waals surface area contributed by atoms with E-state index in [1.54, 1.807) is 11.8 Å². The van der Waals surface area contributed by atoms with E-state index in [9.17, 15) is 9.59 Å².